The fraction of sp³-hybridized carbons (Fsp3) is 0.300. The normalized spacial score (nSPS) is 9.27. The summed E-state index contributed by atoms with van der Waals surface area (Å²) in [6, 6.07) is 5.15. The van der Waals surface area contributed by atoms with Crippen molar-refractivity contribution in [2.75, 3.05) is 7.11 Å². The van der Waals surface area contributed by atoms with Gasteiger partial charge in [0, 0.05) is 0 Å². The van der Waals surface area contributed by atoms with Crippen molar-refractivity contribution in [3.63, 3.8) is 0 Å². The Kier molecular flexibility index (Phi) is 3.79. The van der Waals surface area contributed by atoms with Crippen molar-refractivity contribution in [2.24, 2.45) is 0 Å². The lowest BCUT2D eigenvalue weighted by Gasteiger charge is -1.97. The predicted octanol–water partition coefficient (Wildman–Crippen LogP) is 1.77. The maximum absolute atomic E-state index is 11.2. The van der Waals surface area contributed by atoms with Crippen LogP contribution in [0.15, 0.2) is 18.2 Å². The van der Waals surface area contributed by atoms with E-state index in [4.69, 9.17) is 0 Å². The molecule has 5 nitrogen and oxygen atoms in total. The molecule has 2 aromatic rings. The third-order valence-corrected chi connectivity index (χ3v) is 1.75. The second-order valence-electron chi connectivity index (χ2n) is 2.49. The van der Waals surface area contributed by atoms with Crippen molar-refractivity contribution in [1.82, 2.24) is 15.4 Å². The van der Waals surface area contributed by atoms with Gasteiger partial charge in [0.25, 0.3) is 0 Å². The fourth-order valence-corrected chi connectivity index (χ4v) is 1.14. The van der Waals surface area contributed by atoms with Crippen LogP contribution in [0.1, 0.15) is 24.2 Å². The van der Waals surface area contributed by atoms with E-state index in [2.05, 4.69) is 20.1 Å². The number of ether oxygens (including phenoxy) is 1. The highest BCUT2D eigenvalue weighted by atomic mass is 16.5. The molecule has 5 heteroatoms. The SMILES string of the molecule is CC.COC(=O)c1cccc2n[nH]nc12. The number of hydrogen-bond acceptors (Lipinski definition) is 4. The van der Waals surface area contributed by atoms with Gasteiger partial charge in [-0.1, -0.05) is 19.9 Å². The minimum atomic E-state index is -0.403. The van der Waals surface area contributed by atoms with E-state index in [1.807, 2.05) is 13.8 Å². The Balaban J connectivity index is 0.000000531. The van der Waals surface area contributed by atoms with Crippen molar-refractivity contribution >= 4 is 17.0 Å². The first-order valence-electron chi connectivity index (χ1n) is 4.70. The quantitative estimate of drug-likeness (QED) is 0.723. The van der Waals surface area contributed by atoms with Crippen LogP contribution in [0.2, 0.25) is 0 Å². The molecule has 0 saturated heterocycles. The first-order chi connectivity index (χ1) is 7.33. The number of methoxy groups -OCH3 is 1. The number of fused-ring (bicyclic) bond motifs is 1. The van der Waals surface area contributed by atoms with E-state index in [9.17, 15) is 4.79 Å². The number of esters is 1. The van der Waals surface area contributed by atoms with E-state index >= 15 is 0 Å². The molecule has 0 radical (unpaired) electrons. The average molecular weight is 207 g/mol. The van der Waals surface area contributed by atoms with Crippen LogP contribution in [-0.2, 0) is 4.74 Å². The fourth-order valence-electron chi connectivity index (χ4n) is 1.14. The Morgan fingerprint density at radius 2 is 2.07 bits per heavy atom. The van der Waals surface area contributed by atoms with Crippen LogP contribution in [0, 0.1) is 0 Å². The van der Waals surface area contributed by atoms with E-state index in [1.54, 1.807) is 18.2 Å². The molecule has 1 heterocycles. The number of aromatic nitrogens is 3. The molecule has 0 spiro atoms. The first-order valence-corrected chi connectivity index (χ1v) is 4.70. The number of nitrogens with zero attached hydrogens (tertiary/aromatic N) is 2. The summed E-state index contributed by atoms with van der Waals surface area (Å²) in [5, 5.41) is 10.2. The number of nitrogens with one attached hydrogen (secondary N) is 1. The van der Waals surface area contributed by atoms with E-state index in [0.29, 0.717) is 16.6 Å². The molecule has 0 aliphatic heterocycles. The molecule has 0 amide bonds. The number of rotatable bonds is 1. The Morgan fingerprint density at radius 1 is 1.33 bits per heavy atom. The zero-order chi connectivity index (χ0) is 11.3. The maximum Gasteiger partial charge on any atom is 0.340 e. The van der Waals surface area contributed by atoms with Gasteiger partial charge < -0.3 is 4.74 Å². The summed E-state index contributed by atoms with van der Waals surface area (Å²) in [5.41, 5.74) is 1.62. The molecule has 0 bridgehead atoms. The minimum absolute atomic E-state index is 0.403. The van der Waals surface area contributed by atoms with Crippen molar-refractivity contribution < 1.29 is 9.53 Å². The predicted molar refractivity (Wildman–Crippen MR) is 56.6 cm³/mol. The van der Waals surface area contributed by atoms with Gasteiger partial charge in [-0.25, -0.2) is 4.79 Å². The number of carbonyl (C=O) groups excluding carboxylic acids is 1. The van der Waals surface area contributed by atoms with Crippen LogP contribution in [0.5, 0.6) is 0 Å². The lowest BCUT2D eigenvalue weighted by Crippen LogP contribution is -2.01. The molecule has 1 N–H and O–H groups in total. The Labute approximate surface area is 87.4 Å². The standard InChI is InChI=1S/C8H7N3O2.C2H6/c1-13-8(12)5-3-2-4-6-7(5)10-11-9-6;1-2/h2-4H,1H3,(H,9,10,11);1-2H3. The van der Waals surface area contributed by atoms with E-state index in [0.717, 1.165) is 0 Å². The second-order valence-corrected chi connectivity index (χ2v) is 2.49. The van der Waals surface area contributed by atoms with Gasteiger partial charge in [0.2, 0.25) is 0 Å². The van der Waals surface area contributed by atoms with Gasteiger partial charge in [-0.05, 0) is 12.1 Å². The minimum Gasteiger partial charge on any atom is -0.465 e. The highest BCUT2D eigenvalue weighted by Gasteiger charge is 2.11. The molecule has 1 aromatic heterocycles. The van der Waals surface area contributed by atoms with Crippen molar-refractivity contribution in [1.29, 1.82) is 0 Å². The van der Waals surface area contributed by atoms with Gasteiger partial charge >= 0.3 is 5.97 Å². The zero-order valence-electron chi connectivity index (χ0n) is 8.94. The molecule has 15 heavy (non-hydrogen) atoms. The number of aromatic amines is 1. The molecule has 0 unspecified atom stereocenters. The van der Waals surface area contributed by atoms with Crippen molar-refractivity contribution in [3.05, 3.63) is 23.8 Å². The molecule has 80 valence electrons. The van der Waals surface area contributed by atoms with Gasteiger partial charge in [0.15, 0.2) is 0 Å². The van der Waals surface area contributed by atoms with Crippen molar-refractivity contribution in [3.8, 4) is 0 Å². The van der Waals surface area contributed by atoms with Crippen LogP contribution in [0.25, 0.3) is 11.0 Å². The van der Waals surface area contributed by atoms with Crippen LogP contribution < -0.4 is 0 Å². The number of benzene rings is 1. The molecule has 0 atom stereocenters. The monoisotopic (exact) mass is 207 g/mol. The van der Waals surface area contributed by atoms with Gasteiger partial charge in [0.1, 0.15) is 11.0 Å². The third kappa shape index (κ3) is 2.12. The summed E-state index contributed by atoms with van der Waals surface area (Å²) >= 11 is 0. The summed E-state index contributed by atoms with van der Waals surface area (Å²) in [5.74, 6) is -0.403. The van der Waals surface area contributed by atoms with E-state index in [-0.39, 0.29) is 0 Å². The molecule has 0 fully saturated rings. The number of hydrogen-bond donors (Lipinski definition) is 1. The van der Waals surface area contributed by atoms with Crippen LogP contribution in [-0.4, -0.2) is 28.5 Å². The summed E-state index contributed by atoms with van der Waals surface area (Å²) in [6.45, 7) is 4.00. The van der Waals surface area contributed by atoms with Gasteiger partial charge in [-0.2, -0.15) is 15.4 Å². The summed E-state index contributed by atoms with van der Waals surface area (Å²) < 4.78 is 4.59. The molecule has 1 aromatic carbocycles. The Hall–Kier alpha value is -1.91. The topological polar surface area (TPSA) is 67.9 Å². The molecule has 0 saturated carbocycles. The maximum atomic E-state index is 11.2. The Bertz CT molecular complexity index is 451. The highest BCUT2D eigenvalue weighted by molar-refractivity contribution is 6.01. The van der Waals surface area contributed by atoms with E-state index in [1.165, 1.54) is 7.11 Å². The largest absolute Gasteiger partial charge is 0.465 e. The lowest BCUT2D eigenvalue weighted by atomic mass is 10.2. The Morgan fingerprint density at radius 3 is 2.73 bits per heavy atom. The van der Waals surface area contributed by atoms with Crippen LogP contribution in [0.3, 0.4) is 0 Å². The molecule has 2 rings (SSSR count). The first kappa shape index (κ1) is 11.2. The van der Waals surface area contributed by atoms with Crippen molar-refractivity contribution in [2.45, 2.75) is 13.8 Å². The molecular weight excluding hydrogens is 194 g/mol. The summed E-state index contributed by atoms with van der Waals surface area (Å²) in [7, 11) is 1.33. The molecule has 0 aliphatic rings. The number of para-hydroxylation sites is 1. The summed E-state index contributed by atoms with van der Waals surface area (Å²) in [4.78, 5) is 11.2. The van der Waals surface area contributed by atoms with Crippen LogP contribution >= 0.6 is 0 Å². The van der Waals surface area contributed by atoms with Gasteiger partial charge in [-0.3, -0.25) is 0 Å². The zero-order valence-corrected chi connectivity index (χ0v) is 8.94. The smallest absolute Gasteiger partial charge is 0.340 e. The number of carbonyl (C=O) groups is 1. The highest BCUT2D eigenvalue weighted by Crippen LogP contribution is 2.13. The summed E-state index contributed by atoms with van der Waals surface area (Å²) in [6.07, 6.45) is 0. The van der Waals surface area contributed by atoms with Crippen LogP contribution in [0.4, 0.5) is 0 Å². The number of H-pyrrole nitrogens is 1. The second kappa shape index (κ2) is 5.09. The van der Waals surface area contributed by atoms with Gasteiger partial charge in [0.05, 0.1) is 12.7 Å². The third-order valence-electron chi connectivity index (χ3n) is 1.75. The molecular formula is C10H13N3O2. The average Bonchev–Trinajstić information content (AvgIpc) is 2.78. The molecule has 0 aliphatic carbocycles. The van der Waals surface area contributed by atoms with E-state index < -0.39 is 5.97 Å². The lowest BCUT2D eigenvalue weighted by molar-refractivity contribution is 0.0603. The van der Waals surface area contributed by atoms with Gasteiger partial charge in [-0.15, -0.1) is 0 Å².